The molecule has 0 bridgehead atoms. The third kappa shape index (κ3) is 4.48. The molecule has 7 heteroatoms. The predicted molar refractivity (Wildman–Crippen MR) is 125 cm³/mol. The first kappa shape index (κ1) is 21.9. The molecule has 0 atom stereocenters. The molecule has 1 heterocycles. The minimum absolute atomic E-state index is 0.277. The van der Waals surface area contributed by atoms with Crippen LogP contribution in [0, 0.1) is 5.82 Å². The van der Waals surface area contributed by atoms with Gasteiger partial charge in [0.2, 0.25) is 10.0 Å². The molecule has 5 nitrogen and oxygen atoms in total. The van der Waals surface area contributed by atoms with Gasteiger partial charge in [-0.15, -0.1) is 0 Å². The average Bonchev–Trinajstić information content (AvgIpc) is 2.90. The maximum atomic E-state index is 14.0. The molecule has 0 spiro atoms. The topological polar surface area (TPSA) is 64.6 Å². The maximum Gasteiger partial charge on any atom is 0.229 e. The minimum atomic E-state index is -3.41. The molecule has 0 fully saturated rings. The summed E-state index contributed by atoms with van der Waals surface area (Å²) in [6, 6.07) is 17.6. The van der Waals surface area contributed by atoms with Crippen LogP contribution in [0.5, 0.6) is 11.5 Å². The number of hydrogen-bond donors (Lipinski definition) is 1. The quantitative estimate of drug-likeness (QED) is 0.557. The molecule has 166 valence electrons. The molecule has 0 aromatic heterocycles. The van der Waals surface area contributed by atoms with Crippen LogP contribution in [-0.2, 0) is 16.6 Å². The first-order valence-electron chi connectivity index (χ1n) is 10.2. The summed E-state index contributed by atoms with van der Waals surface area (Å²) in [6.45, 7) is 2.32. The Hall–Kier alpha value is -3.32. The number of anilines is 1. The fraction of sp³-hybridized carbons (Fsp3) is 0.200. The van der Waals surface area contributed by atoms with Crippen molar-refractivity contribution in [2.45, 2.75) is 20.0 Å². The Morgan fingerprint density at radius 3 is 2.59 bits per heavy atom. The van der Waals surface area contributed by atoms with Crippen LogP contribution in [0.4, 0.5) is 10.1 Å². The van der Waals surface area contributed by atoms with Gasteiger partial charge >= 0.3 is 0 Å². The molecule has 0 saturated carbocycles. The first-order valence-corrected chi connectivity index (χ1v) is 12.1. The number of halogens is 1. The van der Waals surface area contributed by atoms with Crippen molar-refractivity contribution in [3.05, 3.63) is 88.7 Å². The Morgan fingerprint density at radius 1 is 1.09 bits per heavy atom. The number of ether oxygens (including phenoxy) is 2. The molecule has 0 aliphatic carbocycles. The fourth-order valence-electron chi connectivity index (χ4n) is 4.02. The number of allylic oxidation sites excluding steroid dienone is 1. The molecule has 0 saturated heterocycles. The Bertz CT molecular complexity index is 1320. The minimum Gasteiger partial charge on any atom is -0.497 e. The highest BCUT2D eigenvalue weighted by Gasteiger charge is 2.24. The van der Waals surface area contributed by atoms with Gasteiger partial charge in [0.1, 0.15) is 23.9 Å². The van der Waals surface area contributed by atoms with Crippen LogP contribution in [0.3, 0.4) is 0 Å². The lowest BCUT2D eigenvalue weighted by Crippen LogP contribution is -2.09. The van der Waals surface area contributed by atoms with Crippen LogP contribution in [0.25, 0.3) is 11.1 Å². The van der Waals surface area contributed by atoms with Crippen molar-refractivity contribution in [1.82, 2.24) is 0 Å². The summed E-state index contributed by atoms with van der Waals surface area (Å²) in [5.41, 5.74) is 5.95. The molecule has 1 N–H and O–H groups in total. The SMILES string of the molecule is CC/C(=C1/c2ccc(OC)cc2COc2cc(F)ccc21)c1cccc(NS(C)(=O)=O)c1. The maximum absolute atomic E-state index is 14.0. The highest BCUT2D eigenvalue weighted by Crippen LogP contribution is 2.43. The Morgan fingerprint density at radius 2 is 1.88 bits per heavy atom. The molecule has 0 amide bonds. The first-order chi connectivity index (χ1) is 15.3. The van der Waals surface area contributed by atoms with Crippen molar-refractivity contribution in [1.29, 1.82) is 0 Å². The molecule has 3 aromatic carbocycles. The van der Waals surface area contributed by atoms with Crippen LogP contribution >= 0.6 is 0 Å². The van der Waals surface area contributed by atoms with Crippen molar-refractivity contribution in [3.8, 4) is 11.5 Å². The number of sulfonamides is 1. The second kappa shape index (κ2) is 8.67. The van der Waals surface area contributed by atoms with E-state index in [1.54, 1.807) is 19.2 Å². The third-order valence-electron chi connectivity index (χ3n) is 5.35. The van der Waals surface area contributed by atoms with Crippen molar-refractivity contribution >= 4 is 26.9 Å². The number of rotatable bonds is 5. The lowest BCUT2D eigenvalue weighted by Gasteiger charge is -2.18. The van der Waals surface area contributed by atoms with Gasteiger partial charge in [-0.05, 0) is 65.1 Å². The highest BCUT2D eigenvalue weighted by atomic mass is 32.2. The molecule has 0 unspecified atom stereocenters. The summed E-state index contributed by atoms with van der Waals surface area (Å²) in [5.74, 6) is 0.803. The van der Waals surface area contributed by atoms with Gasteiger partial charge in [0.05, 0.1) is 13.4 Å². The molecule has 32 heavy (non-hydrogen) atoms. The van der Waals surface area contributed by atoms with Gasteiger partial charge in [-0.1, -0.05) is 25.1 Å². The normalized spacial score (nSPS) is 14.5. The number of fused-ring (bicyclic) bond motifs is 2. The standard InChI is InChI=1S/C25H24FNO4S/c1-4-21(16-6-5-7-19(12-16)27-32(3,28)29)25-22-11-9-20(30-2)13-17(22)15-31-24-14-18(26)8-10-23(24)25/h5-14,27H,4,15H2,1-3H3/b25-21+. The van der Waals surface area contributed by atoms with Gasteiger partial charge < -0.3 is 9.47 Å². The zero-order valence-electron chi connectivity index (χ0n) is 18.1. The Kier molecular flexibility index (Phi) is 5.93. The molecule has 0 radical (unpaired) electrons. The zero-order chi connectivity index (χ0) is 22.9. The van der Waals surface area contributed by atoms with Crippen LogP contribution in [-0.4, -0.2) is 21.8 Å². The van der Waals surface area contributed by atoms with Crippen LogP contribution in [0.15, 0.2) is 60.7 Å². The number of hydrogen-bond acceptors (Lipinski definition) is 4. The predicted octanol–water partition coefficient (Wildman–Crippen LogP) is 5.47. The number of benzene rings is 3. The van der Waals surface area contributed by atoms with E-state index >= 15 is 0 Å². The van der Waals surface area contributed by atoms with Crippen LogP contribution < -0.4 is 14.2 Å². The van der Waals surface area contributed by atoms with Crippen molar-refractivity contribution < 1.29 is 22.3 Å². The fourth-order valence-corrected chi connectivity index (χ4v) is 4.57. The molecule has 4 rings (SSSR count). The molecular formula is C25H24FNO4S. The molecular weight excluding hydrogens is 429 g/mol. The second-order valence-electron chi connectivity index (χ2n) is 7.61. The largest absolute Gasteiger partial charge is 0.497 e. The van der Waals surface area contributed by atoms with E-state index in [0.717, 1.165) is 39.7 Å². The van der Waals surface area contributed by atoms with Crippen molar-refractivity contribution in [2.75, 3.05) is 18.1 Å². The van der Waals surface area contributed by atoms with E-state index < -0.39 is 10.0 Å². The van der Waals surface area contributed by atoms with Crippen molar-refractivity contribution in [2.24, 2.45) is 0 Å². The van der Waals surface area contributed by atoms with Gasteiger partial charge in [0.25, 0.3) is 0 Å². The van der Waals surface area contributed by atoms with E-state index in [0.29, 0.717) is 23.6 Å². The van der Waals surface area contributed by atoms with Gasteiger partial charge in [-0.3, -0.25) is 4.72 Å². The number of methoxy groups -OCH3 is 1. The van der Waals surface area contributed by atoms with Gasteiger partial charge in [0, 0.05) is 22.9 Å². The average molecular weight is 454 g/mol. The van der Waals surface area contributed by atoms with E-state index in [2.05, 4.69) is 4.72 Å². The van der Waals surface area contributed by atoms with Crippen molar-refractivity contribution in [3.63, 3.8) is 0 Å². The zero-order valence-corrected chi connectivity index (χ0v) is 18.9. The van der Waals surface area contributed by atoms with E-state index in [1.807, 2.05) is 43.3 Å². The Balaban J connectivity index is 2.00. The van der Waals surface area contributed by atoms with Crippen LogP contribution in [0.2, 0.25) is 0 Å². The highest BCUT2D eigenvalue weighted by molar-refractivity contribution is 7.92. The van der Waals surface area contributed by atoms with Gasteiger partial charge in [0.15, 0.2) is 0 Å². The lowest BCUT2D eigenvalue weighted by molar-refractivity contribution is 0.304. The lowest BCUT2D eigenvalue weighted by atomic mass is 9.86. The van der Waals surface area contributed by atoms with E-state index in [9.17, 15) is 12.8 Å². The summed E-state index contributed by atoms with van der Waals surface area (Å²) in [4.78, 5) is 0. The van der Waals surface area contributed by atoms with E-state index in [4.69, 9.17) is 9.47 Å². The summed E-state index contributed by atoms with van der Waals surface area (Å²) in [6.07, 6.45) is 1.79. The van der Waals surface area contributed by atoms with Gasteiger partial charge in [-0.2, -0.15) is 0 Å². The van der Waals surface area contributed by atoms with E-state index in [-0.39, 0.29) is 12.4 Å². The summed E-state index contributed by atoms with van der Waals surface area (Å²) < 4.78 is 51.4. The monoisotopic (exact) mass is 453 g/mol. The smallest absolute Gasteiger partial charge is 0.229 e. The summed E-state index contributed by atoms with van der Waals surface area (Å²) >= 11 is 0. The molecule has 1 aliphatic heterocycles. The van der Waals surface area contributed by atoms with E-state index in [1.165, 1.54) is 12.1 Å². The molecule has 1 aliphatic rings. The molecule has 3 aromatic rings. The Labute approximate surface area is 187 Å². The second-order valence-corrected chi connectivity index (χ2v) is 9.36. The van der Waals surface area contributed by atoms with Crippen LogP contribution in [0.1, 0.15) is 35.6 Å². The summed E-state index contributed by atoms with van der Waals surface area (Å²) in [5, 5.41) is 0. The summed E-state index contributed by atoms with van der Waals surface area (Å²) in [7, 11) is -1.80. The number of nitrogens with one attached hydrogen (secondary N) is 1. The van der Waals surface area contributed by atoms with Gasteiger partial charge in [-0.25, -0.2) is 12.8 Å². The third-order valence-corrected chi connectivity index (χ3v) is 5.95.